The quantitative estimate of drug-likeness (QED) is 0.412. The summed E-state index contributed by atoms with van der Waals surface area (Å²) in [7, 11) is 0. The normalized spacial score (nSPS) is 10.3. The van der Waals surface area contributed by atoms with Crippen molar-refractivity contribution >= 4 is 35.3 Å². The molecule has 0 radical (unpaired) electrons. The Hall–Kier alpha value is -3.68. The molecular formula is C19H20N4O4. The standard InChI is InChI=1S/C19H20N4O4/c1-3-27-17-10-4-14(5-11-17)12-20-23-19(26)18(25)22-16-8-6-15(7-9-16)21-13(2)24/h4-12H,3H2,1-2H3,(H,21,24)(H,22,25)(H,23,26). The summed E-state index contributed by atoms with van der Waals surface area (Å²) in [5, 5.41) is 8.80. The highest BCUT2D eigenvalue weighted by Crippen LogP contribution is 2.13. The second kappa shape index (κ2) is 9.71. The summed E-state index contributed by atoms with van der Waals surface area (Å²) < 4.78 is 5.33. The highest BCUT2D eigenvalue weighted by atomic mass is 16.5. The van der Waals surface area contributed by atoms with Crippen molar-refractivity contribution in [1.82, 2.24) is 5.43 Å². The van der Waals surface area contributed by atoms with Crippen LogP contribution in [0, 0.1) is 0 Å². The minimum absolute atomic E-state index is 0.198. The SMILES string of the molecule is CCOc1ccc(C=NNC(=O)C(=O)Nc2ccc(NC(C)=O)cc2)cc1. The van der Waals surface area contributed by atoms with Crippen LogP contribution in [0.2, 0.25) is 0 Å². The van der Waals surface area contributed by atoms with E-state index in [0.717, 1.165) is 11.3 Å². The molecule has 0 fully saturated rings. The van der Waals surface area contributed by atoms with Gasteiger partial charge in [0.1, 0.15) is 5.75 Å². The van der Waals surface area contributed by atoms with Crippen molar-refractivity contribution in [3.05, 3.63) is 54.1 Å². The van der Waals surface area contributed by atoms with Gasteiger partial charge in [0, 0.05) is 18.3 Å². The van der Waals surface area contributed by atoms with Gasteiger partial charge in [-0.1, -0.05) is 0 Å². The lowest BCUT2D eigenvalue weighted by molar-refractivity contribution is -0.136. The molecule has 0 heterocycles. The molecular weight excluding hydrogens is 348 g/mol. The van der Waals surface area contributed by atoms with Gasteiger partial charge in [-0.25, -0.2) is 5.43 Å². The molecule has 0 saturated heterocycles. The van der Waals surface area contributed by atoms with E-state index in [1.807, 2.05) is 6.92 Å². The molecule has 3 amide bonds. The van der Waals surface area contributed by atoms with Gasteiger partial charge in [-0.3, -0.25) is 14.4 Å². The van der Waals surface area contributed by atoms with E-state index in [-0.39, 0.29) is 5.91 Å². The molecule has 2 aromatic carbocycles. The summed E-state index contributed by atoms with van der Waals surface area (Å²) in [6.07, 6.45) is 1.42. The number of nitrogens with zero attached hydrogens (tertiary/aromatic N) is 1. The van der Waals surface area contributed by atoms with Crippen molar-refractivity contribution in [3.63, 3.8) is 0 Å². The average Bonchev–Trinajstić information content (AvgIpc) is 2.64. The lowest BCUT2D eigenvalue weighted by Crippen LogP contribution is -2.32. The van der Waals surface area contributed by atoms with Crippen LogP contribution in [-0.2, 0) is 14.4 Å². The summed E-state index contributed by atoms with van der Waals surface area (Å²) in [5.41, 5.74) is 3.91. The summed E-state index contributed by atoms with van der Waals surface area (Å²) in [5.74, 6) is -1.21. The molecule has 0 spiro atoms. The molecule has 0 aliphatic heterocycles. The van der Waals surface area contributed by atoms with Crippen LogP contribution in [-0.4, -0.2) is 30.5 Å². The molecule has 0 bridgehead atoms. The Morgan fingerprint density at radius 3 is 2.07 bits per heavy atom. The number of anilines is 2. The third-order valence-electron chi connectivity index (χ3n) is 3.24. The van der Waals surface area contributed by atoms with Crippen molar-refractivity contribution in [2.45, 2.75) is 13.8 Å². The first-order valence-corrected chi connectivity index (χ1v) is 8.23. The molecule has 3 N–H and O–H groups in total. The summed E-state index contributed by atoms with van der Waals surface area (Å²) in [6, 6.07) is 13.5. The Bertz CT molecular complexity index is 830. The van der Waals surface area contributed by atoms with Crippen molar-refractivity contribution in [2.75, 3.05) is 17.2 Å². The molecule has 0 aliphatic rings. The number of hydrazone groups is 1. The van der Waals surface area contributed by atoms with E-state index in [1.165, 1.54) is 13.1 Å². The minimum Gasteiger partial charge on any atom is -0.494 e. The number of nitrogens with one attached hydrogen (secondary N) is 3. The molecule has 140 valence electrons. The van der Waals surface area contributed by atoms with Gasteiger partial charge in [0.2, 0.25) is 5.91 Å². The van der Waals surface area contributed by atoms with Crippen molar-refractivity contribution in [2.24, 2.45) is 5.10 Å². The van der Waals surface area contributed by atoms with Crippen LogP contribution >= 0.6 is 0 Å². The fourth-order valence-corrected chi connectivity index (χ4v) is 2.06. The lowest BCUT2D eigenvalue weighted by atomic mass is 10.2. The highest BCUT2D eigenvalue weighted by molar-refractivity contribution is 6.39. The van der Waals surface area contributed by atoms with Gasteiger partial charge >= 0.3 is 11.8 Å². The van der Waals surface area contributed by atoms with E-state index < -0.39 is 11.8 Å². The topological polar surface area (TPSA) is 109 Å². The van der Waals surface area contributed by atoms with Gasteiger partial charge in [0.25, 0.3) is 0 Å². The Morgan fingerprint density at radius 2 is 1.52 bits per heavy atom. The fraction of sp³-hybridized carbons (Fsp3) is 0.158. The van der Waals surface area contributed by atoms with E-state index in [1.54, 1.807) is 48.5 Å². The van der Waals surface area contributed by atoms with E-state index in [9.17, 15) is 14.4 Å². The van der Waals surface area contributed by atoms with Crippen molar-refractivity contribution < 1.29 is 19.1 Å². The molecule has 0 unspecified atom stereocenters. The van der Waals surface area contributed by atoms with Gasteiger partial charge in [-0.2, -0.15) is 5.10 Å². The summed E-state index contributed by atoms with van der Waals surface area (Å²) in [6.45, 7) is 3.87. The monoisotopic (exact) mass is 368 g/mol. The number of carbonyl (C=O) groups excluding carboxylic acids is 3. The van der Waals surface area contributed by atoms with Gasteiger partial charge in [-0.05, 0) is 61.0 Å². The van der Waals surface area contributed by atoms with Gasteiger partial charge in [0.15, 0.2) is 0 Å². The van der Waals surface area contributed by atoms with Crippen LogP contribution in [0.25, 0.3) is 0 Å². The van der Waals surface area contributed by atoms with E-state index >= 15 is 0 Å². The van der Waals surface area contributed by atoms with Crippen LogP contribution in [0.1, 0.15) is 19.4 Å². The zero-order valence-electron chi connectivity index (χ0n) is 15.0. The fourth-order valence-electron chi connectivity index (χ4n) is 2.06. The zero-order chi connectivity index (χ0) is 19.6. The maximum atomic E-state index is 11.9. The minimum atomic E-state index is -0.900. The first-order valence-electron chi connectivity index (χ1n) is 8.23. The second-order valence-corrected chi connectivity index (χ2v) is 5.41. The molecule has 2 rings (SSSR count). The summed E-state index contributed by atoms with van der Waals surface area (Å²) in [4.78, 5) is 34.6. The predicted molar refractivity (Wildman–Crippen MR) is 103 cm³/mol. The average molecular weight is 368 g/mol. The first-order chi connectivity index (χ1) is 13.0. The molecule has 27 heavy (non-hydrogen) atoms. The Balaban J connectivity index is 1.84. The number of ether oxygens (including phenoxy) is 1. The van der Waals surface area contributed by atoms with Crippen LogP contribution in [0.4, 0.5) is 11.4 Å². The van der Waals surface area contributed by atoms with Crippen LogP contribution in [0.5, 0.6) is 5.75 Å². The number of hydrogen-bond acceptors (Lipinski definition) is 5. The smallest absolute Gasteiger partial charge is 0.329 e. The maximum absolute atomic E-state index is 11.9. The van der Waals surface area contributed by atoms with Crippen LogP contribution in [0.15, 0.2) is 53.6 Å². The highest BCUT2D eigenvalue weighted by Gasteiger charge is 2.12. The van der Waals surface area contributed by atoms with Crippen LogP contribution in [0.3, 0.4) is 0 Å². The molecule has 0 saturated carbocycles. The third kappa shape index (κ3) is 6.62. The van der Waals surface area contributed by atoms with E-state index in [2.05, 4.69) is 21.2 Å². The number of hydrogen-bond donors (Lipinski definition) is 3. The summed E-state index contributed by atoms with van der Waals surface area (Å²) >= 11 is 0. The molecule has 0 aliphatic carbocycles. The van der Waals surface area contributed by atoms with Gasteiger partial charge in [-0.15, -0.1) is 0 Å². The molecule has 0 aromatic heterocycles. The largest absolute Gasteiger partial charge is 0.494 e. The van der Waals surface area contributed by atoms with Crippen molar-refractivity contribution in [3.8, 4) is 5.75 Å². The maximum Gasteiger partial charge on any atom is 0.329 e. The number of benzene rings is 2. The predicted octanol–water partition coefficient (Wildman–Crippen LogP) is 2.13. The molecule has 2 aromatic rings. The van der Waals surface area contributed by atoms with Gasteiger partial charge < -0.3 is 15.4 Å². The third-order valence-corrected chi connectivity index (χ3v) is 3.24. The number of amides is 3. The number of rotatable bonds is 6. The van der Waals surface area contributed by atoms with E-state index in [4.69, 9.17) is 4.74 Å². The first kappa shape index (κ1) is 19.6. The zero-order valence-corrected chi connectivity index (χ0v) is 15.0. The lowest BCUT2D eigenvalue weighted by Gasteiger charge is -2.06. The second-order valence-electron chi connectivity index (χ2n) is 5.41. The van der Waals surface area contributed by atoms with Crippen LogP contribution < -0.4 is 20.8 Å². The van der Waals surface area contributed by atoms with E-state index in [0.29, 0.717) is 18.0 Å². The molecule has 0 atom stereocenters. The number of carbonyl (C=O) groups is 3. The Morgan fingerprint density at radius 1 is 0.926 bits per heavy atom. The van der Waals surface area contributed by atoms with Crippen molar-refractivity contribution in [1.29, 1.82) is 0 Å². The molecule has 8 nitrogen and oxygen atoms in total. The van der Waals surface area contributed by atoms with Gasteiger partial charge in [0.05, 0.1) is 12.8 Å². The Labute approximate surface area is 156 Å². The Kier molecular flexibility index (Phi) is 7.07. The molecule has 8 heteroatoms.